The molecule has 4 rings (SSSR count). The molecule has 0 heterocycles. The van der Waals surface area contributed by atoms with Gasteiger partial charge in [0.15, 0.2) is 58.2 Å². The molecule has 1 N–H and O–H groups in total. The standard InChI is InChI=1S/C26H13BF10NO.2C4H10N.Zr/c28-16-14(17(29)21(33)24(36)20(16)32)27(15-18(30)22(34)25(37)23(35)19(15)31)10-13(11-6-4-5-7-11)38-26(39)12-8-2-1-3-9-12;2*1-3-5-4-2;/h1-9,13H,10H2,(H,38,39);2*3-4H2,1-2H3;/q;2*-1;+3. The van der Waals surface area contributed by atoms with Crippen molar-refractivity contribution in [3.63, 3.8) is 0 Å². The molecular formula is C34H33BF10N3OZr+. The van der Waals surface area contributed by atoms with E-state index >= 15 is 0 Å². The van der Waals surface area contributed by atoms with Gasteiger partial charge in [0.1, 0.15) is 0 Å². The Kier molecular flexibility index (Phi) is 20.2. The van der Waals surface area contributed by atoms with Gasteiger partial charge in [0.2, 0.25) is 12.6 Å². The summed E-state index contributed by atoms with van der Waals surface area (Å²) in [5.74, 6) is -26.0. The predicted molar refractivity (Wildman–Crippen MR) is 171 cm³/mol. The van der Waals surface area contributed by atoms with Crippen molar-refractivity contribution in [2.24, 2.45) is 4.99 Å². The van der Waals surface area contributed by atoms with Crippen LogP contribution in [-0.2, 0) is 26.2 Å². The average molecular weight is 792 g/mol. The molecule has 266 valence electrons. The molecule has 1 fully saturated rings. The Morgan fingerprint density at radius 3 is 1.26 bits per heavy atom. The van der Waals surface area contributed by atoms with E-state index in [9.17, 15) is 49.0 Å². The van der Waals surface area contributed by atoms with Gasteiger partial charge in [0, 0.05) is 22.4 Å². The third-order valence-corrected chi connectivity index (χ3v) is 6.92. The number of rotatable bonds is 11. The van der Waals surface area contributed by atoms with Crippen molar-refractivity contribution in [1.82, 2.24) is 0 Å². The second-order valence-corrected chi connectivity index (χ2v) is 10.0. The summed E-state index contributed by atoms with van der Waals surface area (Å²) in [5.41, 5.74) is -3.58. The van der Waals surface area contributed by atoms with Crippen molar-refractivity contribution in [1.29, 1.82) is 0 Å². The minimum Gasteiger partial charge on any atom is -0.663 e. The van der Waals surface area contributed by atoms with Gasteiger partial charge < -0.3 is 15.7 Å². The predicted octanol–water partition coefficient (Wildman–Crippen LogP) is 8.26. The molecule has 6 radical (unpaired) electrons. The van der Waals surface area contributed by atoms with Crippen LogP contribution in [0.2, 0.25) is 6.32 Å². The maximum atomic E-state index is 14.9. The zero-order valence-corrected chi connectivity index (χ0v) is 29.9. The summed E-state index contributed by atoms with van der Waals surface area (Å²) in [5, 5.41) is 18.5. The number of aliphatic hydroxyl groups is 1. The largest absolute Gasteiger partial charge is 3.00 e. The van der Waals surface area contributed by atoms with Crippen LogP contribution in [-0.4, -0.2) is 49.9 Å². The number of aliphatic imine (C=N–C) groups is 1. The van der Waals surface area contributed by atoms with Crippen LogP contribution in [0.25, 0.3) is 10.6 Å². The van der Waals surface area contributed by atoms with Gasteiger partial charge in [0.05, 0.1) is 6.04 Å². The fourth-order valence-corrected chi connectivity index (χ4v) is 4.59. The van der Waals surface area contributed by atoms with Crippen LogP contribution in [0.5, 0.6) is 0 Å². The minimum atomic E-state index is -2.66. The second-order valence-electron chi connectivity index (χ2n) is 10.0. The van der Waals surface area contributed by atoms with Crippen molar-refractivity contribution in [3.05, 3.63) is 136 Å². The van der Waals surface area contributed by atoms with Gasteiger partial charge in [0.25, 0.3) is 0 Å². The van der Waals surface area contributed by atoms with E-state index in [1.165, 1.54) is 49.9 Å². The molecular weight excluding hydrogens is 758 g/mol. The number of nitrogens with zero attached hydrogens (tertiary/aromatic N) is 3. The molecule has 0 spiro atoms. The zero-order valence-electron chi connectivity index (χ0n) is 27.5. The van der Waals surface area contributed by atoms with E-state index in [1.807, 2.05) is 27.7 Å². The summed E-state index contributed by atoms with van der Waals surface area (Å²) in [6, 6.07) is 5.86. The van der Waals surface area contributed by atoms with Gasteiger partial charge >= 0.3 is 26.2 Å². The topological polar surface area (TPSA) is 60.8 Å². The number of hydrogen-bond donors (Lipinski definition) is 1. The Labute approximate surface area is 305 Å². The van der Waals surface area contributed by atoms with E-state index < -0.39 is 94.1 Å². The van der Waals surface area contributed by atoms with Crippen LogP contribution in [0.15, 0.2) is 35.3 Å². The molecule has 1 unspecified atom stereocenters. The van der Waals surface area contributed by atoms with Gasteiger partial charge in [-0.3, -0.25) is 0 Å². The van der Waals surface area contributed by atoms with Crippen LogP contribution in [0.3, 0.4) is 0 Å². The summed E-state index contributed by atoms with van der Waals surface area (Å²) in [7, 11) is 0. The minimum absolute atomic E-state index is 0. The SMILES string of the molecule is CC[N-]CC.CC[N-]CC.OC(=NC(CB(c1c(F)c(F)c(F)c(F)c1F)c1c(F)c(F)c(F)c(F)c1F)[C]1[CH][CH][CH][CH]1)c1ccccc1.[Zr+3]. The third kappa shape index (κ3) is 11.4. The molecule has 3 aromatic carbocycles. The molecule has 1 aliphatic carbocycles. The van der Waals surface area contributed by atoms with Gasteiger partial charge in [-0.1, -0.05) is 45.9 Å². The molecule has 0 aromatic heterocycles. The first-order valence-corrected chi connectivity index (χ1v) is 15.1. The van der Waals surface area contributed by atoms with E-state index in [0.717, 1.165) is 26.2 Å². The van der Waals surface area contributed by atoms with Gasteiger partial charge in [-0.05, 0) is 44.1 Å². The second kappa shape index (κ2) is 22.3. The van der Waals surface area contributed by atoms with E-state index in [2.05, 4.69) is 15.6 Å². The first-order valence-electron chi connectivity index (χ1n) is 15.1. The number of aliphatic hydroxyl groups excluding tert-OH is 1. The van der Waals surface area contributed by atoms with E-state index in [4.69, 9.17) is 0 Å². The van der Waals surface area contributed by atoms with Crippen LogP contribution >= 0.6 is 0 Å². The Morgan fingerprint density at radius 2 is 0.940 bits per heavy atom. The molecule has 0 aliphatic heterocycles. The molecule has 0 saturated heterocycles. The van der Waals surface area contributed by atoms with Crippen molar-refractivity contribution in [2.45, 2.75) is 40.1 Å². The summed E-state index contributed by atoms with van der Waals surface area (Å²) >= 11 is 0. The monoisotopic (exact) mass is 790 g/mol. The Bertz CT molecular complexity index is 1410. The third-order valence-electron chi connectivity index (χ3n) is 6.92. The quantitative estimate of drug-likeness (QED) is 0.0522. The molecule has 3 aromatic rings. The maximum absolute atomic E-state index is 14.9. The van der Waals surface area contributed by atoms with Crippen molar-refractivity contribution in [2.75, 3.05) is 26.2 Å². The average Bonchev–Trinajstić information content (AvgIpc) is 3.65. The summed E-state index contributed by atoms with van der Waals surface area (Å²) in [4.78, 5) is 3.98. The van der Waals surface area contributed by atoms with Crippen molar-refractivity contribution in [3.8, 4) is 0 Å². The van der Waals surface area contributed by atoms with Crippen molar-refractivity contribution >= 4 is 23.5 Å². The fraction of sp³-hybridized carbons (Fsp3) is 0.294. The number of hydrogen-bond acceptors (Lipinski definition) is 1. The first-order chi connectivity index (χ1) is 23.3. The molecule has 4 nitrogen and oxygen atoms in total. The molecule has 1 atom stereocenters. The van der Waals surface area contributed by atoms with Crippen molar-refractivity contribution < 1.29 is 75.2 Å². The first kappa shape index (κ1) is 45.3. The van der Waals surface area contributed by atoms with Gasteiger partial charge in [-0.2, -0.15) is 26.2 Å². The van der Waals surface area contributed by atoms with Crippen LogP contribution in [0.1, 0.15) is 33.3 Å². The summed E-state index contributed by atoms with van der Waals surface area (Å²) < 4.78 is 144. The molecule has 1 saturated carbocycles. The smallest absolute Gasteiger partial charge is 0.663 e. The summed E-state index contributed by atoms with van der Waals surface area (Å²) in [6.45, 7) is 9.39. The Morgan fingerprint density at radius 1 is 0.600 bits per heavy atom. The van der Waals surface area contributed by atoms with Gasteiger partial charge in [-0.15, -0.1) is 0 Å². The van der Waals surface area contributed by atoms with E-state index in [1.54, 1.807) is 6.07 Å². The fourth-order valence-electron chi connectivity index (χ4n) is 4.59. The molecule has 16 heteroatoms. The molecule has 0 amide bonds. The number of benzene rings is 3. The van der Waals surface area contributed by atoms with Gasteiger partial charge in [-0.25, -0.2) is 48.9 Å². The Balaban J connectivity index is 0.000000999. The normalized spacial score (nSPS) is 13.5. The van der Waals surface area contributed by atoms with E-state index in [-0.39, 0.29) is 37.7 Å². The van der Waals surface area contributed by atoms with E-state index in [0.29, 0.717) is 0 Å². The molecule has 50 heavy (non-hydrogen) atoms. The van der Waals surface area contributed by atoms with Crippen LogP contribution in [0.4, 0.5) is 43.9 Å². The molecule has 0 bridgehead atoms. The summed E-state index contributed by atoms with van der Waals surface area (Å²) in [6.07, 6.45) is 4.46. The maximum Gasteiger partial charge on any atom is 3.00 e. The van der Waals surface area contributed by atoms with Crippen LogP contribution < -0.4 is 10.9 Å². The Hall–Kier alpha value is -2.70. The number of halogens is 10. The molecule has 1 aliphatic rings. The van der Waals surface area contributed by atoms with Crippen LogP contribution in [0, 0.1) is 89.8 Å². The zero-order chi connectivity index (χ0) is 36.8.